The lowest BCUT2D eigenvalue weighted by Gasteiger charge is -2.18. The number of benzene rings is 8. The number of phenolic OH excluding ortho intramolecular Hbond substituents is 4. The summed E-state index contributed by atoms with van der Waals surface area (Å²) >= 11 is 0. The van der Waals surface area contributed by atoms with Crippen LogP contribution in [0.5, 0.6) is 23.0 Å². The molecule has 0 aromatic heterocycles. The summed E-state index contributed by atoms with van der Waals surface area (Å²) in [5.74, 6) is 0.759. The molecule has 8 aromatic carbocycles. The monoisotopic (exact) mass is 642 g/mol. The molecule has 0 aliphatic rings. The molecule has 0 saturated heterocycles. The maximum absolute atomic E-state index is 11.8. The third-order valence-corrected chi connectivity index (χ3v) is 9.30. The summed E-state index contributed by atoms with van der Waals surface area (Å²) < 4.78 is 0. The second kappa shape index (κ2) is 12.6. The van der Waals surface area contributed by atoms with E-state index in [0.717, 1.165) is 60.0 Å². The van der Waals surface area contributed by atoms with Crippen molar-refractivity contribution in [3.63, 3.8) is 0 Å². The summed E-state index contributed by atoms with van der Waals surface area (Å²) in [4.78, 5) is 0. The highest BCUT2D eigenvalue weighted by molar-refractivity contribution is 6.10. The maximum Gasteiger partial charge on any atom is 0.127 e. The largest absolute Gasteiger partial charge is 0.508 e. The van der Waals surface area contributed by atoms with Crippen LogP contribution in [0.4, 0.5) is 0 Å². The summed E-state index contributed by atoms with van der Waals surface area (Å²) in [5.41, 5.74) is 7.29. The van der Waals surface area contributed by atoms with Crippen LogP contribution in [0.1, 0.15) is 33.4 Å². The Morgan fingerprint density at radius 2 is 0.857 bits per heavy atom. The van der Waals surface area contributed by atoms with E-state index in [-0.39, 0.29) is 17.2 Å². The van der Waals surface area contributed by atoms with Gasteiger partial charge in [0, 0.05) is 17.5 Å². The van der Waals surface area contributed by atoms with E-state index >= 15 is 0 Å². The molecule has 4 heteroatoms. The number of hydrogen-bond donors (Lipinski definition) is 4. The molecule has 0 heterocycles. The van der Waals surface area contributed by atoms with Crippen molar-refractivity contribution >= 4 is 43.1 Å². The van der Waals surface area contributed by atoms with Crippen LogP contribution in [-0.4, -0.2) is 20.4 Å². The zero-order valence-electron chi connectivity index (χ0n) is 28.0. The molecule has 8 rings (SSSR count). The molecule has 0 fully saturated rings. The van der Waals surface area contributed by atoms with Crippen LogP contribution >= 0.6 is 0 Å². The van der Waals surface area contributed by atoms with Crippen LogP contribution in [0.25, 0.3) is 54.2 Å². The van der Waals surface area contributed by atoms with Gasteiger partial charge in [-0.2, -0.15) is 0 Å². The number of rotatable bonds is 3. The predicted octanol–water partition coefficient (Wildman–Crippen LogP) is 11.3. The first-order chi connectivity index (χ1) is 23.5. The molecular weight excluding hydrogens is 604 g/mol. The minimum atomic E-state index is 0.114. The molecule has 0 aliphatic heterocycles. The summed E-state index contributed by atoms with van der Waals surface area (Å²) in [6.07, 6.45) is 0.350. The van der Waals surface area contributed by atoms with Crippen molar-refractivity contribution in [2.24, 2.45) is 0 Å². The second-order valence-electron chi connectivity index (χ2n) is 13.2. The molecule has 4 nitrogen and oxygen atoms in total. The maximum atomic E-state index is 11.8. The topological polar surface area (TPSA) is 80.9 Å². The predicted molar refractivity (Wildman–Crippen MR) is 203 cm³/mol. The van der Waals surface area contributed by atoms with Gasteiger partial charge in [-0.3, -0.25) is 0 Å². The lowest BCUT2D eigenvalue weighted by molar-refractivity contribution is 0.462. The lowest BCUT2D eigenvalue weighted by Crippen LogP contribution is -1.95. The first-order valence-corrected chi connectivity index (χ1v) is 16.4. The van der Waals surface area contributed by atoms with E-state index in [0.29, 0.717) is 28.9 Å². The minimum Gasteiger partial charge on any atom is -0.508 e. The molecule has 0 unspecified atom stereocenters. The highest BCUT2D eigenvalue weighted by Gasteiger charge is 2.21. The fourth-order valence-corrected chi connectivity index (χ4v) is 6.81. The third-order valence-electron chi connectivity index (χ3n) is 9.30. The van der Waals surface area contributed by atoms with Crippen LogP contribution in [0.15, 0.2) is 121 Å². The normalized spacial score (nSPS) is 11.3. The quantitative estimate of drug-likeness (QED) is 0.155. The van der Waals surface area contributed by atoms with Gasteiger partial charge in [-0.05, 0) is 118 Å². The highest BCUT2D eigenvalue weighted by atomic mass is 16.3. The van der Waals surface area contributed by atoms with Crippen LogP contribution in [0, 0.1) is 27.7 Å². The Kier molecular flexibility index (Phi) is 8.09. The van der Waals surface area contributed by atoms with E-state index in [1.807, 2.05) is 93.6 Å². The number of fused-ring (bicyclic) bond motifs is 4. The molecule has 0 amide bonds. The molecule has 4 N–H and O–H groups in total. The fraction of sp³-hybridized carbons (Fsp3) is 0.111. The van der Waals surface area contributed by atoms with Gasteiger partial charge in [0.25, 0.3) is 0 Å². The fourth-order valence-electron chi connectivity index (χ4n) is 6.81. The summed E-state index contributed by atoms with van der Waals surface area (Å²) in [6, 6.07) is 39.3. The lowest BCUT2D eigenvalue weighted by atomic mass is 9.88. The molecule has 0 atom stereocenters. The SMILES string of the molecule is Cc1ccc2cc(O)c(Cc3cc4cc(C)ccc4c(-c4c(O)ccc5cc(C)ccc45)c3O)cc2c1.Cc1ccc2cc(O)ccc2c1. The van der Waals surface area contributed by atoms with Crippen LogP contribution < -0.4 is 0 Å². The van der Waals surface area contributed by atoms with E-state index in [9.17, 15) is 20.4 Å². The summed E-state index contributed by atoms with van der Waals surface area (Å²) in [5, 5.41) is 50.9. The van der Waals surface area contributed by atoms with Gasteiger partial charge in [0.15, 0.2) is 0 Å². The standard InChI is InChI=1S/C34H28O3.C11H10O/c1-19-4-7-22-18-31(36)26(15-24(22)13-19)17-27-16-25-14-21(3)6-10-29(25)33(34(27)37)32-28-9-5-20(2)12-23(28)8-11-30(32)35;1-8-2-3-10-7-11(12)5-4-9(10)6-8/h4-16,18,35-37H,17H2,1-3H3;2-7,12H,1H3. The van der Waals surface area contributed by atoms with Gasteiger partial charge in [0.05, 0.1) is 0 Å². The molecule has 49 heavy (non-hydrogen) atoms. The van der Waals surface area contributed by atoms with E-state index < -0.39 is 0 Å². The van der Waals surface area contributed by atoms with Crippen LogP contribution in [0.3, 0.4) is 0 Å². The van der Waals surface area contributed by atoms with Crippen LogP contribution in [-0.2, 0) is 6.42 Å². The average molecular weight is 643 g/mol. The summed E-state index contributed by atoms with van der Waals surface area (Å²) in [6.45, 7) is 8.20. The molecule has 8 aromatic rings. The molecule has 0 aliphatic carbocycles. The summed E-state index contributed by atoms with van der Waals surface area (Å²) in [7, 11) is 0. The van der Waals surface area contributed by atoms with Gasteiger partial charge >= 0.3 is 0 Å². The molecule has 0 radical (unpaired) electrons. The van der Waals surface area contributed by atoms with Crippen molar-refractivity contribution in [1.82, 2.24) is 0 Å². The zero-order valence-corrected chi connectivity index (χ0v) is 28.0. The molecule has 0 saturated carbocycles. The van der Waals surface area contributed by atoms with Gasteiger partial charge in [-0.1, -0.05) is 107 Å². The Morgan fingerprint density at radius 1 is 0.367 bits per heavy atom. The molecular formula is C45H38O4. The van der Waals surface area contributed by atoms with Gasteiger partial charge < -0.3 is 20.4 Å². The number of aromatic hydroxyl groups is 4. The van der Waals surface area contributed by atoms with Gasteiger partial charge in [-0.15, -0.1) is 0 Å². The van der Waals surface area contributed by atoms with Crippen molar-refractivity contribution < 1.29 is 20.4 Å². The average Bonchev–Trinajstić information content (AvgIpc) is 3.07. The number of hydrogen-bond acceptors (Lipinski definition) is 4. The van der Waals surface area contributed by atoms with E-state index in [2.05, 4.69) is 31.2 Å². The Labute approximate surface area is 285 Å². The van der Waals surface area contributed by atoms with E-state index in [4.69, 9.17) is 0 Å². The highest BCUT2D eigenvalue weighted by Crippen LogP contribution is 2.47. The van der Waals surface area contributed by atoms with Crippen molar-refractivity contribution in [3.05, 3.63) is 155 Å². The molecule has 0 spiro atoms. The van der Waals surface area contributed by atoms with Gasteiger partial charge in [-0.25, -0.2) is 0 Å². The number of aryl methyl sites for hydroxylation is 4. The molecule has 0 bridgehead atoms. The van der Waals surface area contributed by atoms with E-state index in [1.165, 1.54) is 10.9 Å². The second-order valence-corrected chi connectivity index (χ2v) is 13.2. The third kappa shape index (κ3) is 6.21. The van der Waals surface area contributed by atoms with Crippen molar-refractivity contribution in [1.29, 1.82) is 0 Å². The Morgan fingerprint density at radius 3 is 1.55 bits per heavy atom. The Bertz CT molecular complexity index is 2520. The van der Waals surface area contributed by atoms with Gasteiger partial charge in [0.2, 0.25) is 0 Å². The Hall–Kier alpha value is -6.00. The minimum absolute atomic E-state index is 0.114. The van der Waals surface area contributed by atoms with Crippen LogP contribution in [0.2, 0.25) is 0 Å². The number of phenols is 4. The van der Waals surface area contributed by atoms with Crippen molar-refractivity contribution in [2.75, 3.05) is 0 Å². The van der Waals surface area contributed by atoms with Crippen molar-refractivity contribution in [2.45, 2.75) is 34.1 Å². The first-order valence-electron chi connectivity index (χ1n) is 16.4. The smallest absolute Gasteiger partial charge is 0.127 e. The van der Waals surface area contributed by atoms with E-state index in [1.54, 1.807) is 24.3 Å². The van der Waals surface area contributed by atoms with Gasteiger partial charge in [0.1, 0.15) is 23.0 Å². The Balaban J connectivity index is 0.000000265. The zero-order chi connectivity index (χ0) is 34.4. The van der Waals surface area contributed by atoms with Crippen molar-refractivity contribution in [3.8, 4) is 34.1 Å². The molecule has 242 valence electrons. The first kappa shape index (κ1) is 31.6.